The van der Waals surface area contributed by atoms with Gasteiger partial charge in [0.05, 0.1) is 13.2 Å². The van der Waals surface area contributed by atoms with E-state index in [4.69, 9.17) is 26.4 Å². The van der Waals surface area contributed by atoms with Gasteiger partial charge in [-0.15, -0.1) is 0 Å². The van der Waals surface area contributed by atoms with Crippen LogP contribution >= 0.6 is 19.2 Å². The summed E-state index contributed by atoms with van der Waals surface area (Å²) in [5.74, 6) is -1.52. The van der Waals surface area contributed by atoms with Crippen LogP contribution in [0.3, 0.4) is 0 Å². The third kappa shape index (κ3) is 3.53. The Morgan fingerprint density at radius 2 is 1.94 bits per heavy atom. The maximum Gasteiger partial charge on any atom is 0.351 e. The topological polar surface area (TPSA) is 61.5 Å². The van der Waals surface area contributed by atoms with Crippen molar-refractivity contribution < 1.29 is 18.0 Å². The van der Waals surface area contributed by atoms with Crippen molar-refractivity contribution in [2.45, 2.75) is 19.6 Å². The molecule has 1 rings (SSSR count). The van der Waals surface area contributed by atoms with E-state index >= 15 is 0 Å². The average Bonchev–Trinajstić information content (AvgIpc) is 2.29. The van der Waals surface area contributed by atoms with Crippen LogP contribution in [0, 0.1) is 5.82 Å². The van der Waals surface area contributed by atoms with Crippen LogP contribution in [0.15, 0.2) is 18.2 Å². The van der Waals surface area contributed by atoms with Gasteiger partial charge in [0.2, 0.25) is 0 Å². The Bertz CT molecular complexity index is 448. The molecular weight excluding hydrogens is 280 g/mol. The number of hydrogen-bond donors (Lipinski definition) is 1. The van der Waals surface area contributed by atoms with Crippen LogP contribution in [0.1, 0.15) is 25.2 Å². The highest BCUT2D eigenvalue weighted by molar-refractivity contribution is 7.54. The van der Waals surface area contributed by atoms with Gasteiger partial charge < -0.3 is 14.8 Å². The van der Waals surface area contributed by atoms with Crippen molar-refractivity contribution >= 4 is 19.2 Å². The van der Waals surface area contributed by atoms with Crippen LogP contribution in [0.25, 0.3) is 0 Å². The molecule has 0 heterocycles. The molecule has 2 N–H and O–H groups in total. The van der Waals surface area contributed by atoms with Gasteiger partial charge in [0.15, 0.2) is 0 Å². The second-order valence-electron chi connectivity index (χ2n) is 3.49. The molecule has 7 heteroatoms. The second-order valence-corrected chi connectivity index (χ2v) is 6.05. The van der Waals surface area contributed by atoms with Gasteiger partial charge in [0.1, 0.15) is 11.6 Å². The SMILES string of the molecule is CCOP(=O)(OCC)[C@@H](N)c1ccc(F)cc1Cl. The zero-order chi connectivity index (χ0) is 13.8. The van der Waals surface area contributed by atoms with Crippen molar-refractivity contribution in [3.8, 4) is 0 Å². The smallest absolute Gasteiger partial charge is 0.314 e. The van der Waals surface area contributed by atoms with Crippen molar-refractivity contribution in [2.75, 3.05) is 13.2 Å². The number of rotatable bonds is 6. The van der Waals surface area contributed by atoms with Crippen molar-refractivity contribution in [3.63, 3.8) is 0 Å². The van der Waals surface area contributed by atoms with E-state index in [0.717, 1.165) is 6.07 Å². The van der Waals surface area contributed by atoms with Crippen LogP contribution in [-0.4, -0.2) is 13.2 Å². The third-order valence-corrected chi connectivity index (χ3v) is 4.76. The lowest BCUT2D eigenvalue weighted by Crippen LogP contribution is -2.15. The summed E-state index contributed by atoms with van der Waals surface area (Å²) in [5, 5.41) is 0.0992. The van der Waals surface area contributed by atoms with Crippen LogP contribution in [-0.2, 0) is 13.6 Å². The predicted octanol–water partition coefficient (Wildman–Crippen LogP) is 3.70. The third-order valence-electron chi connectivity index (χ3n) is 2.24. The second kappa shape index (κ2) is 6.64. The van der Waals surface area contributed by atoms with Gasteiger partial charge in [0, 0.05) is 5.02 Å². The Morgan fingerprint density at radius 1 is 1.39 bits per heavy atom. The number of benzene rings is 1. The molecule has 0 fully saturated rings. The van der Waals surface area contributed by atoms with Crippen molar-refractivity contribution in [3.05, 3.63) is 34.6 Å². The molecule has 0 spiro atoms. The highest BCUT2D eigenvalue weighted by atomic mass is 35.5. The van der Waals surface area contributed by atoms with Gasteiger partial charge in [-0.1, -0.05) is 17.7 Å². The van der Waals surface area contributed by atoms with Crippen molar-refractivity contribution in [2.24, 2.45) is 5.73 Å². The van der Waals surface area contributed by atoms with E-state index in [0.29, 0.717) is 5.56 Å². The Balaban J connectivity index is 3.09. The molecule has 0 aliphatic heterocycles. The van der Waals surface area contributed by atoms with Crippen LogP contribution in [0.5, 0.6) is 0 Å². The summed E-state index contributed by atoms with van der Waals surface area (Å²) in [6.45, 7) is 3.77. The number of halogens is 2. The zero-order valence-corrected chi connectivity index (χ0v) is 11.9. The minimum absolute atomic E-state index is 0.0992. The minimum atomic E-state index is -3.50. The molecule has 0 aliphatic rings. The zero-order valence-electron chi connectivity index (χ0n) is 10.2. The maximum atomic E-state index is 12.9. The van der Waals surface area contributed by atoms with Crippen LogP contribution < -0.4 is 5.73 Å². The van der Waals surface area contributed by atoms with Gasteiger partial charge in [-0.2, -0.15) is 0 Å². The largest absolute Gasteiger partial charge is 0.351 e. The molecule has 0 saturated carbocycles. The first-order valence-corrected chi connectivity index (χ1v) is 7.53. The first kappa shape index (κ1) is 15.6. The van der Waals surface area contributed by atoms with E-state index < -0.39 is 19.2 Å². The lowest BCUT2D eigenvalue weighted by Gasteiger charge is -2.24. The monoisotopic (exact) mass is 295 g/mol. The summed E-state index contributed by atoms with van der Waals surface area (Å²) in [6.07, 6.45) is 0. The van der Waals surface area contributed by atoms with E-state index in [9.17, 15) is 8.96 Å². The Kier molecular flexibility index (Phi) is 5.76. The van der Waals surface area contributed by atoms with Gasteiger partial charge in [0.25, 0.3) is 0 Å². The molecule has 0 aliphatic carbocycles. The summed E-state index contributed by atoms with van der Waals surface area (Å²) in [7, 11) is -3.50. The molecule has 0 bridgehead atoms. The molecule has 0 saturated heterocycles. The lowest BCUT2D eigenvalue weighted by atomic mass is 10.2. The maximum absolute atomic E-state index is 12.9. The standard InChI is InChI=1S/C11H16ClFNO3P/c1-3-16-18(15,17-4-2)11(14)9-6-5-8(13)7-10(9)12/h5-7,11H,3-4,14H2,1-2H3/t11-/m1/s1. The molecule has 1 atom stereocenters. The van der Waals surface area contributed by atoms with E-state index in [2.05, 4.69) is 0 Å². The molecule has 4 nitrogen and oxygen atoms in total. The molecular formula is C11H16ClFNO3P. The molecule has 1 aromatic rings. The first-order chi connectivity index (χ1) is 8.44. The summed E-state index contributed by atoms with van der Waals surface area (Å²) >= 11 is 5.88. The fourth-order valence-electron chi connectivity index (χ4n) is 1.47. The van der Waals surface area contributed by atoms with Gasteiger partial charge >= 0.3 is 7.60 Å². The average molecular weight is 296 g/mol. The number of nitrogens with two attached hydrogens (primary N) is 1. The van der Waals surface area contributed by atoms with Crippen LogP contribution in [0.4, 0.5) is 4.39 Å². The van der Waals surface area contributed by atoms with Crippen molar-refractivity contribution in [1.29, 1.82) is 0 Å². The van der Waals surface area contributed by atoms with E-state index in [1.165, 1.54) is 12.1 Å². The molecule has 102 valence electrons. The normalized spacial score (nSPS) is 13.6. The molecule has 18 heavy (non-hydrogen) atoms. The molecule has 0 amide bonds. The van der Waals surface area contributed by atoms with Gasteiger partial charge in [-0.3, -0.25) is 4.57 Å². The molecule has 0 aromatic heterocycles. The highest BCUT2D eigenvalue weighted by Gasteiger charge is 2.35. The Labute approximate surface area is 111 Å². The Morgan fingerprint density at radius 3 is 2.39 bits per heavy atom. The summed E-state index contributed by atoms with van der Waals surface area (Å²) < 4.78 is 35.6. The van der Waals surface area contributed by atoms with Gasteiger partial charge in [-0.05, 0) is 31.5 Å². The minimum Gasteiger partial charge on any atom is -0.314 e. The summed E-state index contributed by atoms with van der Waals surface area (Å²) in [4.78, 5) is 0. The fourth-order valence-corrected chi connectivity index (χ4v) is 3.51. The highest BCUT2D eigenvalue weighted by Crippen LogP contribution is 2.59. The predicted molar refractivity (Wildman–Crippen MR) is 69.2 cm³/mol. The first-order valence-electron chi connectivity index (χ1n) is 5.54. The van der Waals surface area contributed by atoms with Gasteiger partial charge in [-0.25, -0.2) is 4.39 Å². The lowest BCUT2D eigenvalue weighted by molar-refractivity contribution is 0.212. The summed E-state index contributed by atoms with van der Waals surface area (Å²) in [5.41, 5.74) is 6.21. The number of hydrogen-bond acceptors (Lipinski definition) is 4. The van der Waals surface area contributed by atoms with Crippen molar-refractivity contribution in [1.82, 2.24) is 0 Å². The Hall–Kier alpha value is -0.450. The van der Waals surface area contributed by atoms with E-state index in [1.54, 1.807) is 13.8 Å². The fraction of sp³-hybridized carbons (Fsp3) is 0.455. The molecule has 0 unspecified atom stereocenters. The molecule has 0 radical (unpaired) electrons. The van der Waals surface area contributed by atoms with Crippen LogP contribution in [0.2, 0.25) is 5.02 Å². The summed E-state index contributed by atoms with van der Waals surface area (Å²) in [6, 6.07) is 3.69. The quantitative estimate of drug-likeness (QED) is 0.813. The molecule has 1 aromatic carbocycles. The van der Waals surface area contributed by atoms with E-state index in [-0.39, 0.29) is 18.2 Å². The van der Waals surface area contributed by atoms with E-state index in [1.807, 2.05) is 0 Å².